The van der Waals surface area contributed by atoms with Crippen molar-refractivity contribution in [2.24, 2.45) is 10.7 Å². The number of nitrogens with two attached hydrogens (primary N) is 1. The molecular formula is C15H19N5O. The minimum Gasteiger partial charge on any atom is -0.369 e. The van der Waals surface area contributed by atoms with Crippen LogP contribution in [-0.4, -0.2) is 33.6 Å². The molecule has 21 heavy (non-hydrogen) atoms. The van der Waals surface area contributed by atoms with Gasteiger partial charge in [-0.3, -0.25) is 14.4 Å². The van der Waals surface area contributed by atoms with Crippen LogP contribution in [0.1, 0.15) is 25.8 Å². The third kappa shape index (κ3) is 2.16. The average Bonchev–Trinajstić information content (AvgIpc) is 2.86. The Labute approximate surface area is 123 Å². The van der Waals surface area contributed by atoms with E-state index >= 15 is 0 Å². The Balaban J connectivity index is 2.08. The lowest BCUT2D eigenvalue weighted by Gasteiger charge is -2.33. The van der Waals surface area contributed by atoms with Gasteiger partial charge < -0.3 is 5.73 Å². The molecule has 1 aromatic carbocycles. The zero-order valence-electron chi connectivity index (χ0n) is 12.5. The second kappa shape index (κ2) is 4.58. The van der Waals surface area contributed by atoms with Crippen LogP contribution in [-0.2, 0) is 16.9 Å². The van der Waals surface area contributed by atoms with Crippen molar-refractivity contribution in [3.05, 3.63) is 30.0 Å². The first-order valence-corrected chi connectivity index (χ1v) is 7.02. The number of hydrogen-bond acceptors (Lipinski definition) is 4. The molecule has 1 aliphatic rings. The number of aliphatic imine (C=N–C) groups is 1. The molecule has 0 saturated heterocycles. The number of fused-ring (bicyclic) bond motifs is 1. The topological polar surface area (TPSA) is 76.5 Å². The Morgan fingerprint density at radius 3 is 2.86 bits per heavy atom. The van der Waals surface area contributed by atoms with Crippen molar-refractivity contribution in [1.29, 1.82) is 0 Å². The highest BCUT2D eigenvalue weighted by molar-refractivity contribution is 5.98. The summed E-state index contributed by atoms with van der Waals surface area (Å²) in [6, 6.07) is 6.01. The second-order valence-corrected chi connectivity index (χ2v) is 5.63. The molecule has 1 aliphatic heterocycles. The zero-order valence-corrected chi connectivity index (χ0v) is 12.5. The van der Waals surface area contributed by atoms with Crippen LogP contribution in [0.3, 0.4) is 0 Å². The van der Waals surface area contributed by atoms with Crippen LogP contribution in [0.4, 0.5) is 0 Å². The summed E-state index contributed by atoms with van der Waals surface area (Å²) < 4.78 is 1.90. The molecule has 0 fully saturated rings. The van der Waals surface area contributed by atoms with E-state index in [1.54, 1.807) is 7.05 Å². The van der Waals surface area contributed by atoms with E-state index in [2.05, 4.69) is 17.0 Å². The number of amides is 1. The molecule has 2 heterocycles. The Bertz CT molecular complexity index is 748. The molecule has 0 bridgehead atoms. The third-order valence-corrected chi connectivity index (χ3v) is 4.08. The van der Waals surface area contributed by atoms with Crippen LogP contribution >= 0.6 is 0 Å². The lowest BCUT2D eigenvalue weighted by atomic mass is 9.87. The first kappa shape index (κ1) is 13.6. The number of guanidine groups is 1. The number of rotatable bonds is 2. The van der Waals surface area contributed by atoms with Gasteiger partial charge in [0.1, 0.15) is 0 Å². The van der Waals surface area contributed by atoms with E-state index in [0.29, 0.717) is 6.42 Å². The average molecular weight is 285 g/mol. The molecule has 1 amide bonds. The van der Waals surface area contributed by atoms with Crippen molar-refractivity contribution in [3.63, 3.8) is 0 Å². The minimum atomic E-state index is -0.627. The van der Waals surface area contributed by atoms with Gasteiger partial charge in [0, 0.05) is 25.2 Å². The summed E-state index contributed by atoms with van der Waals surface area (Å²) in [5.74, 6) is 0.233. The van der Waals surface area contributed by atoms with Gasteiger partial charge in [0.2, 0.25) is 5.91 Å². The normalized spacial score (nSPS) is 22.7. The maximum atomic E-state index is 12.1. The molecule has 0 saturated carbocycles. The maximum absolute atomic E-state index is 12.1. The van der Waals surface area contributed by atoms with Gasteiger partial charge in [0.05, 0.1) is 17.5 Å². The van der Waals surface area contributed by atoms with Gasteiger partial charge in [-0.05, 0) is 25.5 Å². The molecule has 1 aromatic heterocycles. The van der Waals surface area contributed by atoms with E-state index in [0.717, 1.165) is 23.0 Å². The predicted molar refractivity (Wildman–Crippen MR) is 81.8 cm³/mol. The molecule has 0 aliphatic carbocycles. The molecule has 6 heteroatoms. The highest BCUT2D eigenvalue weighted by Crippen LogP contribution is 2.34. The number of carbonyl (C=O) groups excluding carboxylic acids is 1. The molecular weight excluding hydrogens is 266 g/mol. The Kier molecular flexibility index (Phi) is 2.97. The molecule has 3 rings (SSSR count). The molecule has 2 N–H and O–H groups in total. The first-order valence-electron chi connectivity index (χ1n) is 7.02. The third-order valence-electron chi connectivity index (χ3n) is 4.08. The summed E-state index contributed by atoms with van der Waals surface area (Å²) in [4.78, 5) is 18.0. The standard InChI is InChI=1S/C15H19N5O/c1-4-20-9-10-5-6-11(7-12(10)18-20)15(2)8-13(21)19(3)14(16)17-15/h5-7,9H,4,8H2,1-3H3,(H2,16,17)/t15-/m0/s1. The molecule has 1 atom stereocenters. The maximum Gasteiger partial charge on any atom is 0.231 e. The highest BCUT2D eigenvalue weighted by atomic mass is 16.2. The lowest BCUT2D eigenvalue weighted by Crippen LogP contribution is -2.47. The molecule has 0 radical (unpaired) electrons. The summed E-state index contributed by atoms with van der Waals surface area (Å²) in [7, 11) is 1.65. The summed E-state index contributed by atoms with van der Waals surface area (Å²) in [6.45, 7) is 4.81. The van der Waals surface area contributed by atoms with E-state index in [4.69, 9.17) is 5.73 Å². The summed E-state index contributed by atoms with van der Waals surface area (Å²) >= 11 is 0. The number of aryl methyl sites for hydroxylation is 1. The van der Waals surface area contributed by atoms with E-state index in [1.807, 2.05) is 36.0 Å². The number of nitrogens with zero attached hydrogens (tertiary/aromatic N) is 4. The Hall–Kier alpha value is -2.37. The van der Waals surface area contributed by atoms with Gasteiger partial charge in [-0.1, -0.05) is 12.1 Å². The zero-order chi connectivity index (χ0) is 15.2. The van der Waals surface area contributed by atoms with Crippen molar-refractivity contribution in [2.75, 3.05) is 7.05 Å². The van der Waals surface area contributed by atoms with Crippen LogP contribution in [0.15, 0.2) is 29.4 Å². The number of benzene rings is 1. The van der Waals surface area contributed by atoms with Crippen LogP contribution in [0.25, 0.3) is 10.9 Å². The highest BCUT2D eigenvalue weighted by Gasteiger charge is 2.36. The van der Waals surface area contributed by atoms with Crippen LogP contribution in [0.5, 0.6) is 0 Å². The summed E-state index contributed by atoms with van der Waals surface area (Å²) in [5, 5.41) is 5.60. The van der Waals surface area contributed by atoms with Gasteiger partial charge in [0.25, 0.3) is 0 Å². The molecule has 2 aromatic rings. The van der Waals surface area contributed by atoms with Crippen LogP contribution in [0, 0.1) is 0 Å². The van der Waals surface area contributed by atoms with E-state index in [1.165, 1.54) is 4.90 Å². The van der Waals surface area contributed by atoms with Crippen molar-refractivity contribution in [1.82, 2.24) is 14.7 Å². The monoisotopic (exact) mass is 285 g/mol. The van der Waals surface area contributed by atoms with Crippen molar-refractivity contribution >= 4 is 22.8 Å². The molecule has 0 unspecified atom stereocenters. The van der Waals surface area contributed by atoms with E-state index < -0.39 is 5.54 Å². The second-order valence-electron chi connectivity index (χ2n) is 5.63. The fourth-order valence-corrected chi connectivity index (χ4v) is 2.64. The SMILES string of the molecule is CCn1cc2ccc([C@]3(C)CC(=O)N(C)C(N)=N3)cc2n1. The quantitative estimate of drug-likeness (QED) is 0.907. The molecule has 6 nitrogen and oxygen atoms in total. The first-order chi connectivity index (χ1) is 9.93. The van der Waals surface area contributed by atoms with Gasteiger partial charge in [-0.2, -0.15) is 5.10 Å². The van der Waals surface area contributed by atoms with Crippen LogP contribution < -0.4 is 5.73 Å². The minimum absolute atomic E-state index is 0.0239. The number of aromatic nitrogens is 2. The summed E-state index contributed by atoms with van der Waals surface area (Å²) in [5.41, 5.74) is 7.10. The lowest BCUT2D eigenvalue weighted by molar-refractivity contribution is -0.128. The Morgan fingerprint density at radius 1 is 1.43 bits per heavy atom. The van der Waals surface area contributed by atoms with Crippen molar-refractivity contribution < 1.29 is 4.79 Å². The number of hydrogen-bond donors (Lipinski definition) is 1. The molecule has 110 valence electrons. The van der Waals surface area contributed by atoms with Crippen molar-refractivity contribution in [3.8, 4) is 0 Å². The van der Waals surface area contributed by atoms with Gasteiger partial charge in [-0.15, -0.1) is 0 Å². The Morgan fingerprint density at radius 2 is 2.19 bits per heavy atom. The fraction of sp³-hybridized carbons (Fsp3) is 0.400. The predicted octanol–water partition coefficient (Wildman–Crippen LogP) is 1.45. The van der Waals surface area contributed by atoms with Gasteiger partial charge in [-0.25, -0.2) is 4.99 Å². The number of carbonyl (C=O) groups is 1. The van der Waals surface area contributed by atoms with Gasteiger partial charge >= 0.3 is 0 Å². The van der Waals surface area contributed by atoms with E-state index in [9.17, 15) is 4.79 Å². The fourth-order valence-electron chi connectivity index (χ4n) is 2.64. The largest absolute Gasteiger partial charge is 0.369 e. The van der Waals surface area contributed by atoms with Crippen LogP contribution in [0.2, 0.25) is 0 Å². The summed E-state index contributed by atoms with van der Waals surface area (Å²) in [6.07, 6.45) is 2.32. The smallest absolute Gasteiger partial charge is 0.231 e. The molecule has 0 spiro atoms. The van der Waals surface area contributed by atoms with Crippen molar-refractivity contribution in [2.45, 2.75) is 32.4 Å². The van der Waals surface area contributed by atoms with Gasteiger partial charge in [0.15, 0.2) is 5.96 Å². The van der Waals surface area contributed by atoms with E-state index in [-0.39, 0.29) is 11.9 Å².